The van der Waals surface area contributed by atoms with Crippen molar-refractivity contribution in [2.45, 2.75) is 5.51 Å². The first kappa shape index (κ1) is 17.3. The molecule has 1 rings (SSSR count). The van der Waals surface area contributed by atoms with E-state index in [-0.39, 0.29) is 24.3 Å². The van der Waals surface area contributed by atoms with Gasteiger partial charge < -0.3 is 16.4 Å². The van der Waals surface area contributed by atoms with Crippen molar-refractivity contribution < 1.29 is 22.8 Å². The fraction of sp³-hybridized carbons (Fsp3) is 0.333. The van der Waals surface area contributed by atoms with Crippen molar-refractivity contribution in [3.63, 3.8) is 0 Å². The first-order chi connectivity index (χ1) is 9.83. The topological polar surface area (TPSA) is 84.2 Å². The third-order valence-corrected chi connectivity index (χ3v) is 2.98. The monoisotopic (exact) mass is 321 g/mol. The summed E-state index contributed by atoms with van der Waals surface area (Å²) in [7, 11) is 0. The van der Waals surface area contributed by atoms with E-state index < -0.39 is 34.8 Å². The van der Waals surface area contributed by atoms with E-state index in [9.17, 15) is 22.8 Å². The zero-order chi connectivity index (χ0) is 15.9. The summed E-state index contributed by atoms with van der Waals surface area (Å²) >= 11 is -0.440. The molecule has 0 atom stereocenters. The molecule has 0 spiro atoms. The van der Waals surface area contributed by atoms with E-state index >= 15 is 0 Å². The number of para-hydroxylation sites is 1. The van der Waals surface area contributed by atoms with Gasteiger partial charge in [0.05, 0.1) is 17.0 Å². The number of nitrogens with two attached hydrogens (primary N) is 1. The SMILES string of the molecule is NCCNC(=O)c1ccccc1NC(=O)CSC(F)(F)F. The molecule has 5 nitrogen and oxygen atoms in total. The number of hydrogen-bond acceptors (Lipinski definition) is 4. The number of anilines is 1. The van der Waals surface area contributed by atoms with Crippen LogP contribution in [0.15, 0.2) is 24.3 Å². The van der Waals surface area contributed by atoms with Gasteiger partial charge in [-0.15, -0.1) is 0 Å². The average molecular weight is 321 g/mol. The molecule has 0 saturated heterocycles. The molecule has 9 heteroatoms. The molecular formula is C12H14F3N3O2S. The second-order valence-corrected chi connectivity index (χ2v) is 4.91. The third-order valence-electron chi connectivity index (χ3n) is 2.24. The number of benzene rings is 1. The maximum absolute atomic E-state index is 12.0. The van der Waals surface area contributed by atoms with Crippen LogP contribution in [0.5, 0.6) is 0 Å². The molecule has 21 heavy (non-hydrogen) atoms. The summed E-state index contributed by atoms with van der Waals surface area (Å²) in [5.74, 6) is -2.07. The van der Waals surface area contributed by atoms with E-state index in [0.717, 1.165) is 0 Å². The second kappa shape index (κ2) is 7.89. The number of carbonyl (C=O) groups is 2. The molecule has 0 unspecified atom stereocenters. The third kappa shape index (κ3) is 6.50. The molecule has 0 bridgehead atoms. The normalized spacial score (nSPS) is 11.0. The minimum atomic E-state index is -4.48. The molecule has 0 radical (unpaired) electrons. The number of amides is 2. The lowest BCUT2D eigenvalue weighted by Crippen LogP contribution is -2.30. The highest BCUT2D eigenvalue weighted by molar-refractivity contribution is 8.00. The van der Waals surface area contributed by atoms with Gasteiger partial charge in [0.2, 0.25) is 5.91 Å². The van der Waals surface area contributed by atoms with Crippen molar-refractivity contribution in [1.29, 1.82) is 0 Å². The van der Waals surface area contributed by atoms with Crippen molar-refractivity contribution in [3.05, 3.63) is 29.8 Å². The zero-order valence-electron chi connectivity index (χ0n) is 10.9. The van der Waals surface area contributed by atoms with Gasteiger partial charge in [-0.05, 0) is 23.9 Å². The van der Waals surface area contributed by atoms with E-state index in [1.165, 1.54) is 12.1 Å². The minimum absolute atomic E-state index is 0.153. The van der Waals surface area contributed by atoms with E-state index in [1.54, 1.807) is 12.1 Å². The molecular weight excluding hydrogens is 307 g/mol. The predicted molar refractivity (Wildman–Crippen MR) is 75.0 cm³/mol. The van der Waals surface area contributed by atoms with E-state index in [0.29, 0.717) is 0 Å². The molecule has 1 aromatic carbocycles. The second-order valence-electron chi connectivity index (χ2n) is 3.87. The first-order valence-corrected chi connectivity index (χ1v) is 6.90. The summed E-state index contributed by atoms with van der Waals surface area (Å²) in [4.78, 5) is 23.3. The van der Waals surface area contributed by atoms with Gasteiger partial charge in [0.25, 0.3) is 5.91 Å². The van der Waals surface area contributed by atoms with Crippen LogP contribution in [-0.2, 0) is 4.79 Å². The van der Waals surface area contributed by atoms with Crippen molar-refractivity contribution >= 4 is 29.3 Å². The number of alkyl halides is 3. The molecule has 4 N–H and O–H groups in total. The lowest BCUT2D eigenvalue weighted by Gasteiger charge is -2.11. The molecule has 1 aromatic rings. The summed E-state index contributed by atoms with van der Waals surface area (Å²) < 4.78 is 36.0. The lowest BCUT2D eigenvalue weighted by molar-refractivity contribution is -0.114. The van der Waals surface area contributed by atoms with Gasteiger partial charge in [0.15, 0.2) is 0 Å². The van der Waals surface area contributed by atoms with Gasteiger partial charge >= 0.3 is 5.51 Å². The van der Waals surface area contributed by atoms with E-state index in [4.69, 9.17) is 5.73 Å². The van der Waals surface area contributed by atoms with Gasteiger partial charge in [-0.2, -0.15) is 13.2 Å². The lowest BCUT2D eigenvalue weighted by atomic mass is 10.1. The number of carbonyl (C=O) groups excluding carboxylic acids is 2. The van der Waals surface area contributed by atoms with Crippen molar-refractivity contribution in [2.24, 2.45) is 5.73 Å². The standard InChI is InChI=1S/C12H14F3N3O2S/c13-12(14,15)21-7-10(19)18-9-4-2-1-3-8(9)11(20)17-6-5-16/h1-4H,5-7,16H2,(H,17,20)(H,18,19). The van der Waals surface area contributed by atoms with Crippen LogP contribution in [0.25, 0.3) is 0 Å². The molecule has 0 fully saturated rings. The van der Waals surface area contributed by atoms with Gasteiger partial charge in [-0.3, -0.25) is 9.59 Å². The molecule has 0 heterocycles. The number of nitrogens with one attached hydrogen (secondary N) is 2. The largest absolute Gasteiger partial charge is 0.442 e. The van der Waals surface area contributed by atoms with Gasteiger partial charge in [0.1, 0.15) is 0 Å². The van der Waals surface area contributed by atoms with Crippen LogP contribution in [0.3, 0.4) is 0 Å². The quantitative estimate of drug-likeness (QED) is 0.742. The minimum Gasteiger partial charge on any atom is -0.351 e. The van der Waals surface area contributed by atoms with E-state index in [2.05, 4.69) is 10.6 Å². The summed E-state index contributed by atoms with van der Waals surface area (Å²) in [6, 6.07) is 6.04. The Kier molecular flexibility index (Phi) is 6.50. The number of rotatable bonds is 6. The Morgan fingerprint density at radius 2 is 1.90 bits per heavy atom. The van der Waals surface area contributed by atoms with Crippen LogP contribution in [0, 0.1) is 0 Å². The highest BCUT2D eigenvalue weighted by atomic mass is 32.2. The van der Waals surface area contributed by atoms with Crippen molar-refractivity contribution in [1.82, 2.24) is 5.32 Å². The molecule has 0 aliphatic heterocycles. The Morgan fingerprint density at radius 1 is 1.24 bits per heavy atom. The van der Waals surface area contributed by atoms with Crippen LogP contribution < -0.4 is 16.4 Å². The molecule has 0 aliphatic rings. The maximum atomic E-state index is 12.0. The molecule has 0 aliphatic carbocycles. The summed E-state index contributed by atoms with van der Waals surface area (Å²) in [5, 5.41) is 4.81. The number of halogens is 3. The Hall–Kier alpha value is -1.74. The summed E-state index contributed by atoms with van der Waals surface area (Å²) in [6.07, 6.45) is 0. The fourth-order valence-corrected chi connectivity index (χ4v) is 1.77. The van der Waals surface area contributed by atoms with Crippen LogP contribution in [-0.4, -0.2) is 36.2 Å². The molecule has 116 valence electrons. The van der Waals surface area contributed by atoms with Crippen LogP contribution >= 0.6 is 11.8 Å². The average Bonchev–Trinajstić information content (AvgIpc) is 2.42. The van der Waals surface area contributed by atoms with Gasteiger partial charge in [0, 0.05) is 13.1 Å². The summed E-state index contributed by atoms with van der Waals surface area (Å²) in [6.45, 7) is 0.507. The smallest absolute Gasteiger partial charge is 0.351 e. The number of thioether (sulfide) groups is 1. The maximum Gasteiger partial charge on any atom is 0.442 e. The Morgan fingerprint density at radius 3 is 2.52 bits per heavy atom. The Bertz CT molecular complexity index is 509. The highest BCUT2D eigenvalue weighted by Gasteiger charge is 2.29. The predicted octanol–water partition coefficient (Wildman–Crippen LogP) is 1.57. The van der Waals surface area contributed by atoms with Gasteiger partial charge in [-0.1, -0.05) is 12.1 Å². The van der Waals surface area contributed by atoms with Crippen molar-refractivity contribution in [2.75, 3.05) is 24.2 Å². The van der Waals surface area contributed by atoms with Crippen LogP contribution in [0.4, 0.5) is 18.9 Å². The highest BCUT2D eigenvalue weighted by Crippen LogP contribution is 2.30. The zero-order valence-corrected chi connectivity index (χ0v) is 11.7. The molecule has 0 saturated carbocycles. The van der Waals surface area contributed by atoms with Crippen LogP contribution in [0.2, 0.25) is 0 Å². The van der Waals surface area contributed by atoms with Crippen molar-refractivity contribution in [3.8, 4) is 0 Å². The fourth-order valence-electron chi connectivity index (χ4n) is 1.40. The van der Waals surface area contributed by atoms with Gasteiger partial charge in [-0.25, -0.2) is 0 Å². The molecule has 2 amide bonds. The molecule has 0 aromatic heterocycles. The first-order valence-electron chi connectivity index (χ1n) is 5.91. The Balaban J connectivity index is 2.70. The summed E-state index contributed by atoms with van der Waals surface area (Å²) in [5.41, 5.74) is 1.10. The number of hydrogen-bond donors (Lipinski definition) is 3. The van der Waals surface area contributed by atoms with Crippen LogP contribution in [0.1, 0.15) is 10.4 Å². The van der Waals surface area contributed by atoms with E-state index in [1.807, 2.05) is 0 Å². The Labute approximate surface area is 123 Å².